The molecule has 0 aliphatic carbocycles. The molecular formula is C6H12NO2P. The zero-order valence-corrected chi connectivity index (χ0v) is 7.39. The van der Waals surface area contributed by atoms with Gasteiger partial charge in [0, 0.05) is 14.2 Å². The van der Waals surface area contributed by atoms with Gasteiger partial charge in [-0.25, -0.2) is 4.67 Å². The number of hydrogen-bond acceptors (Lipinski definition) is 3. The van der Waals surface area contributed by atoms with E-state index in [1.54, 1.807) is 14.2 Å². The summed E-state index contributed by atoms with van der Waals surface area (Å²) in [5, 5.41) is 0. The first-order chi connectivity index (χ1) is 4.76. The molecule has 0 atom stereocenters. The minimum absolute atomic E-state index is 0.549. The summed E-state index contributed by atoms with van der Waals surface area (Å²) in [7, 11) is 4.13. The molecule has 0 saturated heterocycles. The van der Waals surface area contributed by atoms with Gasteiger partial charge in [0.2, 0.25) is 0 Å². The second-order valence-corrected chi connectivity index (χ2v) is 3.51. The largest absolute Gasteiger partial charge is 0.325 e. The van der Waals surface area contributed by atoms with E-state index in [-0.39, 0.29) is 0 Å². The van der Waals surface area contributed by atoms with E-state index >= 15 is 0 Å². The zero-order valence-electron chi connectivity index (χ0n) is 6.50. The van der Waals surface area contributed by atoms with Crippen LogP contribution in [0.5, 0.6) is 0 Å². The van der Waals surface area contributed by atoms with Crippen LogP contribution in [0.3, 0.4) is 0 Å². The summed E-state index contributed by atoms with van der Waals surface area (Å²) in [6.07, 6.45) is 5.08. The van der Waals surface area contributed by atoms with Gasteiger partial charge < -0.3 is 9.05 Å². The second-order valence-electron chi connectivity index (χ2n) is 1.62. The van der Waals surface area contributed by atoms with Crippen molar-refractivity contribution in [3.63, 3.8) is 0 Å². The Balaban J connectivity index is 3.66. The fourth-order valence-electron chi connectivity index (χ4n) is 0.543. The smallest absolute Gasteiger partial charge is 0.258 e. The lowest BCUT2D eigenvalue weighted by atomic mass is 10.7. The molecule has 0 amide bonds. The minimum Gasteiger partial charge on any atom is -0.325 e. The topological polar surface area (TPSA) is 21.7 Å². The molecule has 0 radical (unpaired) electrons. The molecule has 0 saturated carbocycles. The zero-order chi connectivity index (χ0) is 7.98. The number of rotatable bonds is 4. The van der Waals surface area contributed by atoms with Gasteiger partial charge in [0.1, 0.15) is 0 Å². The van der Waals surface area contributed by atoms with Gasteiger partial charge in [-0.3, -0.25) is 0 Å². The van der Waals surface area contributed by atoms with Crippen molar-refractivity contribution < 1.29 is 9.05 Å². The van der Waals surface area contributed by atoms with Crippen molar-refractivity contribution in [2.24, 2.45) is 0 Å². The average Bonchev–Trinajstić information content (AvgIpc) is 1.91. The molecule has 0 rings (SSSR count). The Bertz CT molecular complexity index is 119. The number of nitrogens with zero attached hydrogens (tertiary/aromatic N) is 1. The Hall–Kier alpha value is -0.130. The predicted molar refractivity (Wildman–Crippen MR) is 42.4 cm³/mol. The van der Waals surface area contributed by atoms with Crippen LogP contribution in [0.2, 0.25) is 0 Å². The van der Waals surface area contributed by atoms with Crippen LogP contribution in [-0.4, -0.2) is 32.5 Å². The quantitative estimate of drug-likeness (QED) is 0.454. The van der Waals surface area contributed by atoms with Gasteiger partial charge in [-0.2, -0.15) is 0 Å². The SMILES string of the molecule is C#CCN(C)P(OC)OC. The molecule has 0 aromatic heterocycles. The Morgan fingerprint density at radius 1 is 1.50 bits per heavy atom. The number of terminal acetylenes is 1. The van der Waals surface area contributed by atoms with Crippen molar-refractivity contribution in [3.05, 3.63) is 0 Å². The van der Waals surface area contributed by atoms with E-state index < -0.39 is 8.53 Å². The van der Waals surface area contributed by atoms with E-state index in [9.17, 15) is 0 Å². The summed E-state index contributed by atoms with van der Waals surface area (Å²) in [5.74, 6) is 2.50. The molecule has 4 heteroatoms. The summed E-state index contributed by atoms with van der Waals surface area (Å²) in [6.45, 7) is 0.549. The lowest BCUT2D eigenvalue weighted by Gasteiger charge is -2.20. The highest BCUT2D eigenvalue weighted by Gasteiger charge is 2.11. The average molecular weight is 161 g/mol. The van der Waals surface area contributed by atoms with E-state index in [1.807, 2.05) is 11.7 Å². The summed E-state index contributed by atoms with van der Waals surface area (Å²) in [5.41, 5.74) is 0. The van der Waals surface area contributed by atoms with Crippen LogP contribution < -0.4 is 0 Å². The van der Waals surface area contributed by atoms with Gasteiger partial charge >= 0.3 is 0 Å². The van der Waals surface area contributed by atoms with Gasteiger partial charge in [0.05, 0.1) is 6.54 Å². The summed E-state index contributed by atoms with van der Waals surface area (Å²) in [6, 6.07) is 0. The lowest BCUT2D eigenvalue weighted by molar-refractivity contribution is 0.292. The Labute approximate surface area is 63.3 Å². The molecule has 58 valence electrons. The minimum atomic E-state index is -0.932. The maximum Gasteiger partial charge on any atom is 0.258 e. The summed E-state index contributed by atoms with van der Waals surface area (Å²) < 4.78 is 11.8. The van der Waals surface area contributed by atoms with Crippen molar-refractivity contribution in [3.8, 4) is 12.3 Å². The van der Waals surface area contributed by atoms with Crippen molar-refractivity contribution in [1.82, 2.24) is 4.67 Å². The molecule has 0 N–H and O–H groups in total. The molecule has 3 nitrogen and oxygen atoms in total. The van der Waals surface area contributed by atoms with Crippen molar-refractivity contribution in [2.45, 2.75) is 0 Å². The first-order valence-corrected chi connectivity index (χ1v) is 3.92. The van der Waals surface area contributed by atoms with Crippen molar-refractivity contribution in [1.29, 1.82) is 0 Å². The van der Waals surface area contributed by atoms with Gasteiger partial charge in [0.15, 0.2) is 0 Å². The van der Waals surface area contributed by atoms with E-state index in [0.717, 1.165) is 0 Å². The van der Waals surface area contributed by atoms with Crippen LogP contribution in [0.1, 0.15) is 0 Å². The fourth-order valence-corrected chi connectivity index (χ4v) is 1.45. The molecule has 0 aliphatic rings. The van der Waals surface area contributed by atoms with E-state index in [0.29, 0.717) is 6.54 Å². The fraction of sp³-hybridized carbons (Fsp3) is 0.667. The van der Waals surface area contributed by atoms with Gasteiger partial charge in [-0.05, 0) is 7.05 Å². The second kappa shape index (κ2) is 5.64. The molecule has 0 unspecified atom stereocenters. The maximum absolute atomic E-state index is 5.08. The predicted octanol–water partition coefficient (Wildman–Crippen LogP) is 1.07. The van der Waals surface area contributed by atoms with E-state index in [2.05, 4.69) is 5.92 Å². The monoisotopic (exact) mass is 161 g/mol. The molecule has 0 spiro atoms. The van der Waals surface area contributed by atoms with Gasteiger partial charge in [-0.15, -0.1) is 6.42 Å². The molecular weight excluding hydrogens is 149 g/mol. The molecule has 0 aromatic carbocycles. The number of hydrogen-bond donors (Lipinski definition) is 0. The summed E-state index contributed by atoms with van der Waals surface area (Å²) >= 11 is 0. The third kappa shape index (κ3) is 3.14. The van der Waals surface area contributed by atoms with Crippen molar-refractivity contribution >= 4 is 8.53 Å². The van der Waals surface area contributed by atoms with Crippen LogP contribution in [0, 0.1) is 12.3 Å². The first-order valence-electron chi connectivity index (χ1n) is 2.79. The molecule has 10 heavy (non-hydrogen) atoms. The van der Waals surface area contributed by atoms with Gasteiger partial charge in [-0.1, -0.05) is 5.92 Å². The molecule has 0 aliphatic heterocycles. The highest BCUT2D eigenvalue weighted by Crippen LogP contribution is 2.38. The van der Waals surface area contributed by atoms with Crippen LogP contribution in [0.15, 0.2) is 0 Å². The van der Waals surface area contributed by atoms with Crippen molar-refractivity contribution in [2.75, 3.05) is 27.8 Å². The molecule has 0 heterocycles. The maximum atomic E-state index is 5.08. The van der Waals surface area contributed by atoms with Crippen LogP contribution in [-0.2, 0) is 9.05 Å². The highest BCUT2D eigenvalue weighted by atomic mass is 31.2. The van der Waals surface area contributed by atoms with Gasteiger partial charge in [0.25, 0.3) is 8.53 Å². The molecule has 0 fully saturated rings. The lowest BCUT2D eigenvalue weighted by Crippen LogP contribution is -2.13. The Morgan fingerprint density at radius 3 is 2.30 bits per heavy atom. The van der Waals surface area contributed by atoms with Crippen LogP contribution >= 0.6 is 8.53 Å². The van der Waals surface area contributed by atoms with E-state index in [1.165, 1.54) is 0 Å². The molecule has 0 aromatic rings. The first kappa shape index (κ1) is 9.87. The summed E-state index contributed by atoms with van der Waals surface area (Å²) in [4.78, 5) is 0. The third-order valence-corrected chi connectivity index (χ3v) is 2.23. The highest BCUT2D eigenvalue weighted by molar-refractivity contribution is 7.44. The standard InChI is InChI=1S/C6H12NO2P/c1-5-6-7(2)10(8-3)9-4/h1H,6H2,2-4H3. The Morgan fingerprint density at radius 2 is 2.00 bits per heavy atom. The normalized spacial score (nSPS) is 10.4. The van der Waals surface area contributed by atoms with E-state index in [4.69, 9.17) is 15.5 Å². The third-order valence-electron chi connectivity index (χ3n) is 0.911. The van der Waals surface area contributed by atoms with Crippen LogP contribution in [0.25, 0.3) is 0 Å². The molecule has 0 bridgehead atoms. The van der Waals surface area contributed by atoms with Crippen LogP contribution in [0.4, 0.5) is 0 Å². The Kier molecular flexibility index (Phi) is 5.57.